The van der Waals surface area contributed by atoms with Gasteiger partial charge >= 0.3 is 0 Å². The molecule has 0 saturated heterocycles. The minimum Gasteiger partial charge on any atom is -0.385 e. The van der Waals surface area contributed by atoms with Crippen LogP contribution in [0.4, 0.5) is 0 Å². The number of nitrogens with two attached hydrogens (primary N) is 1. The molecule has 0 heterocycles. The Hall–Kier alpha value is -0.380. The second kappa shape index (κ2) is 5.32. The highest BCUT2D eigenvalue weighted by Gasteiger charge is 2.50. The first-order valence-corrected chi connectivity index (χ1v) is 7.56. The smallest absolute Gasteiger partial charge is 0.0962 e. The summed E-state index contributed by atoms with van der Waals surface area (Å²) in [5, 5.41) is 11.3. The molecule has 3 N–H and O–H groups in total. The number of halogens is 1. The Kier molecular flexibility index (Phi) is 4.15. The minimum atomic E-state index is -0.804. The molecular weight excluding hydrogens is 290 g/mol. The standard InChI is InChI=1S/C15H22BrNO/c1-2-15(18,12-6-5-7-13(16)10-12)14(11-17)8-3-4-9-14/h5-7,10,18H,2-4,8-9,11,17H2,1H3. The third kappa shape index (κ3) is 2.13. The Balaban J connectivity index is 2.46. The van der Waals surface area contributed by atoms with E-state index in [4.69, 9.17) is 5.73 Å². The molecule has 1 saturated carbocycles. The minimum absolute atomic E-state index is 0.150. The lowest BCUT2D eigenvalue weighted by atomic mass is 9.65. The lowest BCUT2D eigenvalue weighted by Gasteiger charge is -2.45. The molecule has 1 atom stereocenters. The second-order valence-electron chi connectivity index (χ2n) is 5.42. The van der Waals surface area contributed by atoms with Gasteiger partial charge in [0.05, 0.1) is 5.60 Å². The van der Waals surface area contributed by atoms with E-state index >= 15 is 0 Å². The molecule has 2 nitrogen and oxygen atoms in total. The van der Waals surface area contributed by atoms with Gasteiger partial charge in [-0.2, -0.15) is 0 Å². The van der Waals surface area contributed by atoms with Crippen molar-refractivity contribution in [3.63, 3.8) is 0 Å². The monoisotopic (exact) mass is 311 g/mol. The Morgan fingerprint density at radius 3 is 2.56 bits per heavy atom. The van der Waals surface area contributed by atoms with E-state index < -0.39 is 5.60 Å². The SMILES string of the molecule is CCC(O)(c1cccc(Br)c1)C1(CN)CCCC1. The number of benzene rings is 1. The van der Waals surface area contributed by atoms with Crippen LogP contribution in [0.5, 0.6) is 0 Å². The third-order valence-corrected chi connectivity index (χ3v) is 5.14. The van der Waals surface area contributed by atoms with Crippen LogP contribution in [0, 0.1) is 5.41 Å². The zero-order valence-electron chi connectivity index (χ0n) is 11.0. The molecule has 0 radical (unpaired) electrons. The van der Waals surface area contributed by atoms with Gasteiger partial charge in [0, 0.05) is 16.4 Å². The van der Waals surface area contributed by atoms with Gasteiger partial charge < -0.3 is 10.8 Å². The Bertz CT molecular complexity index is 415. The summed E-state index contributed by atoms with van der Waals surface area (Å²) in [6, 6.07) is 8.02. The first-order valence-electron chi connectivity index (χ1n) is 6.76. The van der Waals surface area contributed by atoms with Crippen LogP contribution in [0.15, 0.2) is 28.7 Å². The van der Waals surface area contributed by atoms with Gasteiger partial charge in [-0.15, -0.1) is 0 Å². The van der Waals surface area contributed by atoms with Crippen LogP contribution < -0.4 is 5.73 Å². The van der Waals surface area contributed by atoms with Gasteiger partial charge in [-0.3, -0.25) is 0 Å². The van der Waals surface area contributed by atoms with E-state index in [1.807, 2.05) is 24.3 Å². The molecule has 1 aromatic rings. The first kappa shape index (κ1) is 14.0. The largest absolute Gasteiger partial charge is 0.385 e. The van der Waals surface area contributed by atoms with Crippen LogP contribution in [0.1, 0.15) is 44.6 Å². The zero-order valence-corrected chi connectivity index (χ0v) is 12.5. The molecule has 0 amide bonds. The van der Waals surface area contributed by atoms with Crippen molar-refractivity contribution >= 4 is 15.9 Å². The van der Waals surface area contributed by atoms with Gasteiger partial charge in [-0.05, 0) is 37.0 Å². The van der Waals surface area contributed by atoms with Crippen LogP contribution in [-0.4, -0.2) is 11.7 Å². The van der Waals surface area contributed by atoms with Gasteiger partial charge in [-0.1, -0.05) is 47.8 Å². The van der Waals surface area contributed by atoms with E-state index in [1.54, 1.807) is 0 Å². The number of hydrogen-bond donors (Lipinski definition) is 2. The average Bonchev–Trinajstić information content (AvgIpc) is 2.88. The quantitative estimate of drug-likeness (QED) is 0.893. The lowest BCUT2D eigenvalue weighted by molar-refractivity contribution is -0.0884. The van der Waals surface area contributed by atoms with Crippen molar-refractivity contribution in [3.8, 4) is 0 Å². The maximum absolute atomic E-state index is 11.3. The molecule has 1 aromatic carbocycles. The van der Waals surface area contributed by atoms with Crippen molar-refractivity contribution in [2.45, 2.75) is 44.6 Å². The molecule has 1 aliphatic carbocycles. The van der Waals surface area contributed by atoms with E-state index in [0.717, 1.165) is 22.9 Å². The molecule has 2 rings (SSSR count). The fraction of sp³-hybridized carbons (Fsp3) is 0.600. The number of hydrogen-bond acceptors (Lipinski definition) is 2. The van der Waals surface area contributed by atoms with Crippen LogP contribution in [-0.2, 0) is 5.60 Å². The van der Waals surface area contributed by atoms with Crippen LogP contribution >= 0.6 is 15.9 Å². The van der Waals surface area contributed by atoms with Gasteiger partial charge in [0.15, 0.2) is 0 Å². The van der Waals surface area contributed by atoms with E-state index in [1.165, 1.54) is 12.8 Å². The summed E-state index contributed by atoms with van der Waals surface area (Å²) >= 11 is 3.49. The summed E-state index contributed by atoms with van der Waals surface area (Å²) in [7, 11) is 0. The van der Waals surface area contributed by atoms with Crippen LogP contribution in [0.2, 0.25) is 0 Å². The highest BCUT2D eigenvalue weighted by Crippen LogP contribution is 2.52. The maximum Gasteiger partial charge on any atom is 0.0962 e. The number of rotatable bonds is 4. The van der Waals surface area contributed by atoms with Gasteiger partial charge in [0.25, 0.3) is 0 Å². The van der Waals surface area contributed by atoms with E-state index in [2.05, 4.69) is 22.9 Å². The van der Waals surface area contributed by atoms with Crippen molar-refractivity contribution < 1.29 is 5.11 Å². The fourth-order valence-corrected chi connectivity index (χ4v) is 3.87. The highest BCUT2D eigenvalue weighted by molar-refractivity contribution is 9.10. The molecule has 0 aromatic heterocycles. The predicted molar refractivity (Wildman–Crippen MR) is 78.3 cm³/mol. The molecule has 100 valence electrons. The molecule has 0 bridgehead atoms. The lowest BCUT2D eigenvalue weighted by Crippen LogP contribution is -2.48. The summed E-state index contributed by atoms with van der Waals surface area (Å²) < 4.78 is 1.01. The molecule has 18 heavy (non-hydrogen) atoms. The van der Waals surface area contributed by atoms with Crippen molar-refractivity contribution in [3.05, 3.63) is 34.3 Å². The summed E-state index contributed by atoms with van der Waals surface area (Å²) in [6.07, 6.45) is 5.11. The molecular formula is C15H22BrNO. The fourth-order valence-electron chi connectivity index (χ4n) is 3.47. The van der Waals surface area contributed by atoms with Gasteiger partial charge in [-0.25, -0.2) is 0 Å². The van der Waals surface area contributed by atoms with Gasteiger partial charge in [0.1, 0.15) is 0 Å². The van der Waals surface area contributed by atoms with Crippen LogP contribution in [0.3, 0.4) is 0 Å². The average molecular weight is 312 g/mol. The van der Waals surface area contributed by atoms with Crippen molar-refractivity contribution in [2.24, 2.45) is 11.1 Å². The molecule has 0 aliphatic heterocycles. The van der Waals surface area contributed by atoms with E-state index in [9.17, 15) is 5.11 Å². The third-order valence-electron chi connectivity index (χ3n) is 4.64. The second-order valence-corrected chi connectivity index (χ2v) is 6.33. The first-order chi connectivity index (χ1) is 8.58. The van der Waals surface area contributed by atoms with Crippen LogP contribution in [0.25, 0.3) is 0 Å². The normalized spacial score (nSPS) is 21.8. The summed E-state index contributed by atoms with van der Waals surface area (Å²) in [5.74, 6) is 0. The summed E-state index contributed by atoms with van der Waals surface area (Å²) in [6.45, 7) is 2.61. The molecule has 3 heteroatoms. The Morgan fingerprint density at radius 1 is 1.39 bits per heavy atom. The van der Waals surface area contributed by atoms with E-state index in [-0.39, 0.29) is 5.41 Å². The molecule has 0 spiro atoms. The summed E-state index contributed by atoms with van der Waals surface area (Å²) in [5.41, 5.74) is 6.07. The van der Waals surface area contributed by atoms with Crippen molar-refractivity contribution in [1.29, 1.82) is 0 Å². The van der Waals surface area contributed by atoms with Gasteiger partial charge in [0.2, 0.25) is 0 Å². The topological polar surface area (TPSA) is 46.2 Å². The molecule has 1 unspecified atom stereocenters. The van der Waals surface area contributed by atoms with Crippen molar-refractivity contribution in [1.82, 2.24) is 0 Å². The summed E-state index contributed by atoms with van der Waals surface area (Å²) in [4.78, 5) is 0. The van der Waals surface area contributed by atoms with E-state index in [0.29, 0.717) is 13.0 Å². The predicted octanol–water partition coefficient (Wildman–Crippen LogP) is 3.57. The Morgan fingerprint density at radius 2 is 2.06 bits per heavy atom. The Labute approximate surface area is 118 Å². The number of aliphatic hydroxyl groups is 1. The highest BCUT2D eigenvalue weighted by atomic mass is 79.9. The zero-order chi connectivity index (χ0) is 13.2. The van der Waals surface area contributed by atoms with Crippen molar-refractivity contribution in [2.75, 3.05) is 6.54 Å². The molecule has 1 aliphatic rings. The molecule has 1 fully saturated rings. The maximum atomic E-state index is 11.3.